The van der Waals surface area contributed by atoms with Crippen molar-refractivity contribution in [3.63, 3.8) is 0 Å². The van der Waals surface area contributed by atoms with Gasteiger partial charge in [-0.1, -0.05) is 266 Å². The summed E-state index contributed by atoms with van der Waals surface area (Å²) in [5, 5.41) is 87.5. The molecule has 0 spiro atoms. The predicted octanol–water partition coefficient (Wildman–Crippen LogP) is 13.2. The number of carbonyl (C=O) groups excluding carboxylic acids is 1. The minimum atomic E-state index is -1.79. The Morgan fingerprint density at radius 2 is 0.821 bits per heavy atom. The normalized spacial score (nSPS) is 24.2. The molecule has 2 saturated heterocycles. The highest BCUT2D eigenvalue weighted by molar-refractivity contribution is 5.76. The topological polar surface area (TPSA) is 228 Å². The molecular weight excluding hydrogens is 1060 g/mol. The van der Waals surface area contributed by atoms with Gasteiger partial charge in [-0.3, -0.25) is 4.79 Å². The third kappa shape index (κ3) is 38.4. The predicted molar refractivity (Wildman–Crippen MR) is 341 cm³/mol. The van der Waals surface area contributed by atoms with Crippen LogP contribution < -0.4 is 5.32 Å². The number of hydrogen-bond donors (Lipinski definition) is 9. The first-order valence-electron chi connectivity index (χ1n) is 33.8. The van der Waals surface area contributed by atoms with Gasteiger partial charge in [0, 0.05) is 6.42 Å². The molecule has 0 aliphatic carbocycles. The highest BCUT2D eigenvalue weighted by atomic mass is 16.7. The first-order chi connectivity index (χ1) is 41.1. The van der Waals surface area contributed by atoms with E-state index in [1.807, 2.05) is 0 Å². The van der Waals surface area contributed by atoms with Gasteiger partial charge in [-0.25, -0.2) is 0 Å². The standard InChI is InChI=1S/C70H123NO13/c1-3-5-7-9-11-13-15-17-19-21-22-23-24-25-26-27-28-29-30-31-32-33-34-35-36-38-40-42-44-46-48-50-52-54-62(75)71-58(59(74)53-51-49-47-45-43-41-39-37-20-18-16-14-12-10-8-6-4-2)57-81-69-67(80)65(78)68(61(56-73)83-69)84-70-66(79)64(77)63(76)60(55-72)82-70/h5,7,11,13,17,19,22-23,25-26,28-29,31-32,58-61,63-70,72-74,76-80H,3-4,6,8-10,12,14-16,18,20-21,24,27,30,33-57H2,1-2H3,(H,71,75)/b7-5-,13-11-,19-17-,23-22-,26-25-,29-28-,32-31-. The van der Waals surface area contributed by atoms with E-state index < -0.39 is 86.8 Å². The smallest absolute Gasteiger partial charge is 0.220 e. The summed E-state index contributed by atoms with van der Waals surface area (Å²) in [5.41, 5.74) is 0. The van der Waals surface area contributed by atoms with Gasteiger partial charge in [-0.15, -0.1) is 0 Å². The Labute approximate surface area is 510 Å². The lowest BCUT2D eigenvalue weighted by Crippen LogP contribution is -2.65. The second-order valence-electron chi connectivity index (χ2n) is 23.6. The molecule has 2 fully saturated rings. The van der Waals surface area contributed by atoms with E-state index in [-0.39, 0.29) is 12.5 Å². The fraction of sp³-hybridized carbons (Fsp3) is 0.786. The van der Waals surface area contributed by atoms with Crippen LogP contribution in [0, 0.1) is 0 Å². The van der Waals surface area contributed by atoms with Crippen molar-refractivity contribution in [2.75, 3.05) is 19.8 Å². The van der Waals surface area contributed by atoms with Crippen LogP contribution in [-0.2, 0) is 23.7 Å². The zero-order chi connectivity index (χ0) is 60.9. The SMILES string of the molecule is CC/C=C\C/C=C\C/C=C\C/C=C\C/C=C\C/C=C\C/C=C\CCCCCCCCCCCCCC(=O)NC(COC1OC(CO)C(OC2OC(CO)C(O)C(O)C2O)C(O)C1O)C(O)CCCCCCCCCCCCCCCCCCC. The van der Waals surface area contributed by atoms with E-state index in [4.69, 9.17) is 18.9 Å². The molecule has 12 atom stereocenters. The van der Waals surface area contributed by atoms with E-state index >= 15 is 0 Å². The quantitative estimate of drug-likeness (QED) is 0.0204. The van der Waals surface area contributed by atoms with Gasteiger partial charge < -0.3 is 65.1 Å². The minimum Gasteiger partial charge on any atom is -0.394 e. The van der Waals surface area contributed by atoms with Gasteiger partial charge in [0.15, 0.2) is 12.6 Å². The van der Waals surface area contributed by atoms with Crippen LogP contribution >= 0.6 is 0 Å². The maximum atomic E-state index is 13.3. The maximum absolute atomic E-state index is 13.3. The number of unbranched alkanes of at least 4 members (excludes halogenated alkanes) is 27. The fourth-order valence-electron chi connectivity index (χ4n) is 10.7. The lowest BCUT2D eigenvalue weighted by Gasteiger charge is -2.46. The van der Waals surface area contributed by atoms with Crippen molar-refractivity contribution in [3.8, 4) is 0 Å². The summed E-state index contributed by atoms with van der Waals surface area (Å²) in [7, 11) is 0. The summed E-state index contributed by atoms with van der Waals surface area (Å²) >= 11 is 0. The number of carbonyl (C=O) groups is 1. The van der Waals surface area contributed by atoms with Gasteiger partial charge in [-0.2, -0.15) is 0 Å². The minimum absolute atomic E-state index is 0.211. The van der Waals surface area contributed by atoms with Crippen LogP contribution in [0.3, 0.4) is 0 Å². The number of nitrogens with one attached hydrogen (secondary N) is 1. The van der Waals surface area contributed by atoms with Crippen LogP contribution in [0.5, 0.6) is 0 Å². The van der Waals surface area contributed by atoms with Gasteiger partial charge in [0.05, 0.1) is 32.0 Å². The Balaban J connectivity index is 1.66. The number of amides is 1. The van der Waals surface area contributed by atoms with Crippen LogP contribution in [0.4, 0.5) is 0 Å². The molecule has 2 rings (SSSR count). The number of allylic oxidation sites excluding steroid dienone is 14. The highest BCUT2D eigenvalue weighted by Crippen LogP contribution is 2.30. The van der Waals surface area contributed by atoms with Crippen molar-refractivity contribution in [1.29, 1.82) is 0 Å². The lowest BCUT2D eigenvalue weighted by molar-refractivity contribution is -0.359. The fourth-order valence-corrected chi connectivity index (χ4v) is 10.7. The number of hydrogen-bond acceptors (Lipinski definition) is 13. The molecule has 2 aliphatic heterocycles. The number of ether oxygens (including phenoxy) is 4. The largest absolute Gasteiger partial charge is 0.394 e. The maximum Gasteiger partial charge on any atom is 0.220 e. The molecule has 0 aromatic rings. The molecule has 14 heteroatoms. The van der Waals surface area contributed by atoms with Gasteiger partial charge >= 0.3 is 0 Å². The van der Waals surface area contributed by atoms with Gasteiger partial charge in [0.1, 0.15) is 48.8 Å². The molecule has 0 aromatic heterocycles. The molecule has 2 aliphatic rings. The Morgan fingerprint density at radius 1 is 0.440 bits per heavy atom. The molecular formula is C70H123NO13. The molecule has 0 saturated carbocycles. The van der Waals surface area contributed by atoms with Gasteiger partial charge in [0.25, 0.3) is 0 Å². The Morgan fingerprint density at radius 3 is 1.26 bits per heavy atom. The molecule has 12 unspecified atom stereocenters. The van der Waals surface area contributed by atoms with E-state index in [0.29, 0.717) is 12.8 Å². The average molecular weight is 1190 g/mol. The van der Waals surface area contributed by atoms with Crippen LogP contribution in [0.15, 0.2) is 85.1 Å². The highest BCUT2D eigenvalue weighted by Gasteiger charge is 2.51. The third-order valence-corrected chi connectivity index (χ3v) is 16.1. The van der Waals surface area contributed by atoms with E-state index in [0.717, 1.165) is 103 Å². The van der Waals surface area contributed by atoms with Crippen molar-refractivity contribution in [2.24, 2.45) is 0 Å². The Bertz CT molecular complexity index is 1730. The molecule has 14 nitrogen and oxygen atoms in total. The summed E-state index contributed by atoms with van der Waals surface area (Å²) in [4.78, 5) is 13.3. The third-order valence-electron chi connectivity index (χ3n) is 16.1. The summed E-state index contributed by atoms with van der Waals surface area (Å²) in [5.74, 6) is -0.211. The Kier molecular flexibility index (Phi) is 50.0. The van der Waals surface area contributed by atoms with Crippen LogP contribution in [0.2, 0.25) is 0 Å². The van der Waals surface area contributed by atoms with Crippen LogP contribution in [0.1, 0.15) is 258 Å². The van der Waals surface area contributed by atoms with Gasteiger partial charge in [0.2, 0.25) is 5.91 Å². The summed E-state index contributed by atoms with van der Waals surface area (Å²) in [6.45, 7) is 2.76. The van der Waals surface area contributed by atoms with E-state index in [1.165, 1.54) is 128 Å². The first kappa shape index (κ1) is 77.3. The van der Waals surface area contributed by atoms with Crippen molar-refractivity contribution in [3.05, 3.63) is 85.1 Å². The van der Waals surface area contributed by atoms with E-state index in [9.17, 15) is 45.6 Å². The van der Waals surface area contributed by atoms with Crippen molar-refractivity contribution in [1.82, 2.24) is 5.32 Å². The molecule has 0 aromatic carbocycles. The number of rotatable bonds is 54. The second kappa shape index (κ2) is 54.3. The van der Waals surface area contributed by atoms with E-state index in [1.54, 1.807) is 0 Å². The van der Waals surface area contributed by atoms with E-state index in [2.05, 4.69) is 104 Å². The molecule has 2 heterocycles. The number of aliphatic hydroxyl groups excluding tert-OH is 8. The number of aliphatic hydroxyl groups is 8. The summed E-state index contributed by atoms with van der Waals surface area (Å²) < 4.78 is 22.9. The molecule has 486 valence electrons. The molecule has 0 radical (unpaired) electrons. The molecule has 84 heavy (non-hydrogen) atoms. The van der Waals surface area contributed by atoms with Crippen LogP contribution in [-0.4, -0.2) is 140 Å². The molecule has 0 bridgehead atoms. The van der Waals surface area contributed by atoms with Gasteiger partial charge in [-0.05, 0) is 70.6 Å². The summed E-state index contributed by atoms with van der Waals surface area (Å²) in [6, 6.07) is -0.836. The lowest BCUT2D eigenvalue weighted by atomic mass is 9.97. The summed E-state index contributed by atoms with van der Waals surface area (Å²) in [6.07, 6.45) is 57.3. The van der Waals surface area contributed by atoms with Crippen molar-refractivity contribution in [2.45, 2.75) is 331 Å². The molecule has 1 amide bonds. The first-order valence-corrected chi connectivity index (χ1v) is 33.8. The second-order valence-corrected chi connectivity index (χ2v) is 23.6. The average Bonchev–Trinajstić information content (AvgIpc) is 3.17. The zero-order valence-electron chi connectivity index (χ0n) is 52.6. The molecule has 9 N–H and O–H groups in total. The Hall–Kier alpha value is -2.83. The van der Waals surface area contributed by atoms with Crippen LogP contribution in [0.25, 0.3) is 0 Å². The monoisotopic (exact) mass is 1190 g/mol. The van der Waals surface area contributed by atoms with Crippen molar-refractivity contribution < 1.29 is 64.6 Å². The van der Waals surface area contributed by atoms with Crippen molar-refractivity contribution >= 4 is 5.91 Å². The zero-order valence-corrected chi connectivity index (χ0v) is 52.6.